The summed E-state index contributed by atoms with van der Waals surface area (Å²) in [6.07, 6.45) is 2.78. The summed E-state index contributed by atoms with van der Waals surface area (Å²) in [5.74, 6) is 2.64. The third-order valence-corrected chi connectivity index (χ3v) is 4.99. The number of aromatic nitrogens is 2. The number of nitrogens with one attached hydrogen (secondary N) is 1. The van der Waals surface area contributed by atoms with Gasteiger partial charge >= 0.3 is 0 Å². The quantitative estimate of drug-likeness (QED) is 0.883. The minimum atomic E-state index is 0.0493. The standard InChI is InChI=1S/C18H23N5O2/c1-12-6-17(21-13(2)20-12)22-9-14-7-15(10-22)23(14)11-18(24)19-8-16-4-3-5-25-16/h3-6,14-15H,7-11H2,1-2H3,(H,19,24). The van der Waals surface area contributed by atoms with Crippen LogP contribution in [0.5, 0.6) is 0 Å². The second-order valence-corrected chi connectivity index (χ2v) is 6.89. The molecule has 5 heterocycles. The molecule has 2 aromatic rings. The number of piperidine rings is 1. The molecule has 2 atom stereocenters. The average Bonchev–Trinajstić information content (AvgIpc) is 3.10. The normalized spacial score (nSPS) is 22.6. The van der Waals surface area contributed by atoms with Gasteiger partial charge in [0.15, 0.2) is 0 Å². The van der Waals surface area contributed by atoms with Gasteiger partial charge in [-0.2, -0.15) is 0 Å². The zero-order valence-electron chi connectivity index (χ0n) is 14.6. The number of nitrogens with zero attached hydrogens (tertiary/aromatic N) is 4. The highest BCUT2D eigenvalue weighted by Crippen LogP contribution is 2.33. The Balaban J connectivity index is 1.31. The summed E-state index contributed by atoms with van der Waals surface area (Å²) in [7, 11) is 0. The van der Waals surface area contributed by atoms with Crippen molar-refractivity contribution in [3.63, 3.8) is 0 Å². The Morgan fingerprint density at radius 1 is 1.32 bits per heavy atom. The van der Waals surface area contributed by atoms with Gasteiger partial charge in [0.25, 0.3) is 0 Å². The van der Waals surface area contributed by atoms with Crippen LogP contribution in [0.3, 0.4) is 0 Å². The Hall–Kier alpha value is -2.41. The summed E-state index contributed by atoms with van der Waals surface area (Å²) in [6.45, 7) is 6.65. The summed E-state index contributed by atoms with van der Waals surface area (Å²) in [6, 6.07) is 6.57. The first-order valence-electron chi connectivity index (χ1n) is 8.70. The van der Waals surface area contributed by atoms with Gasteiger partial charge in [-0.1, -0.05) is 0 Å². The van der Waals surface area contributed by atoms with Gasteiger partial charge < -0.3 is 14.6 Å². The third-order valence-electron chi connectivity index (χ3n) is 4.99. The lowest BCUT2D eigenvalue weighted by atomic mass is 9.87. The van der Waals surface area contributed by atoms with E-state index in [9.17, 15) is 4.79 Å². The number of carbonyl (C=O) groups is 1. The molecular formula is C18H23N5O2. The van der Waals surface area contributed by atoms with Crippen molar-refractivity contribution in [1.29, 1.82) is 0 Å². The van der Waals surface area contributed by atoms with Crippen LogP contribution in [-0.2, 0) is 11.3 Å². The first-order chi connectivity index (χ1) is 12.1. The smallest absolute Gasteiger partial charge is 0.234 e. The molecule has 0 aromatic carbocycles. The number of hydrogen-bond acceptors (Lipinski definition) is 6. The van der Waals surface area contributed by atoms with E-state index in [1.165, 1.54) is 0 Å². The summed E-state index contributed by atoms with van der Waals surface area (Å²) in [4.78, 5) is 25.7. The predicted octanol–water partition coefficient (Wildman–Crippen LogP) is 1.27. The molecule has 1 amide bonds. The van der Waals surface area contributed by atoms with E-state index in [-0.39, 0.29) is 5.91 Å². The van der Waals surface area contributed by atoms with Crippen LogP contribution in [0.25, 0.3) is 0 Å². The highest BCUT2D eigenvalue weighted by molar-refractivity contribution is 5.78. The molecule has 3 aliphatic heterocycles. The number of rotatable bonds is 5. The minimum absolute atomic E-state index is 0.0493. The number of furan rings is 1. The fraction of sp³-hybridized carbons (Fsp3) is 0.500. The maximum absolute atomic E-state index is 12.2. The van der Waals surface area contributed by atoms with Gasteiger partial charge in [-0.25, -0.2) is 9.97 Å². The zero-order chi connectivity index (χ0) is 17.4. The topological polar surface area (TPSA) is 74.5 Å². The van der Waals surface area contributed by atoms with Gasteiger partial charge in [0.2, 0.25) is 5.91 Å². The lowest BCUT2D eigenvalue weighted by Crippen LogP contribution is -2.70. The number of hydrogen-bond donors (Lipinski definition) is 1. The molecule has 7 heteroatoms. The molecule has 1 N–H and O–H groups in total. The van der Waals surface area contributed by atoms with E-state index < -0.39 is 0 Å². The van der Waals surface area contributed by atoms with Crippen LogP contribution in [0, 0.1) is 13.8 Å². The lowest BCUT2D eigenvalue weighted by molar-refractivity contribution is -0.127. The van der Waals surface area contributed by atoms with Crippen LogP contribution in [0.2, 0.25) is 0 Å². The molecule has 0 saturated carbocycles. The summed E-state index contributed by atoms with van der Waals surface area (Å²) >= 11 is 0. The van der Waals surface area contributed by atoms with E-state index in [1.54, 1.807) is 6.26 Å². The van der Waals surface area contributed by atoms with Crippen LogP contribution < -0.4 is 10.2 Å². The minimum Gasteiger partial charge on any atom is -0.467 e. The van der Waals surface area contributed by atoms with Crippen molar-refractivity contribution >= 4 is 11.7 Å². The summed E-state index contributed by atoms with van der Waals surface area (Å²) in [5, 5.41) is 2.92. The molecule has 7 nitrogen and oxygen atoms in total. The molecule has 5 rings (SSSR count). The SMILES string of the molecule is Cc1cc(N2CC3CC(C2)N3CC(=O)NCc2ccco2)nc(C)n1. The third kappa shape index (κ3) is 3.37. The lowest BCUT2D eigenvalue weighted by Gasteiger charge is -2.56. The van der Waals surface area contributed by atoms with E-state index in [0.29, 0.717) is 25.2 Å². The Morgan fingerprint density at radius 3 is 2.80 bits per heavy atom. The van der Waals surface area contributed by atoms with Crippen LogP contribution in [0.4, 0.5) is 5.82 Å². The van der Waals surface area contributed by atoms with Crippen molar-refractivity contribution in [3.05, 3.63) is 41.7 Å². The number of carbonyl (C=O) groups excluding carboxylic acids is 1. The van der Waals surface area contributed by atoms with E-state index in [4.69, 9.17) is 4.42 Å². The molecule has 2 unspecified atom stereocenters. The van der Waals surface area contributed by atoms with E-state index >= 15 is 0 Å². The molecule has 0 spiro atoms. The summed E-state index contributed by atoms with van der Waals surface area (Å²) in [5.41, 5.74) is 0.996. The van der Waals surface area contributed by atoms with Crippen molar-refractivity contribution in [3.8, 4) is 0 Å². The molecule has 25 heavy (non-hydrogen) atoms. The van der Waals surface area contributed by atoms with Crippen LogP contribution >= 0.6 is 0 Å². The maximum atomic E-state index is 12.2. The van der Waals surface area contributed by atoms with Crippen molar-refractivity contribution in [2.24, 2.45) is 0 Å². The Kier molecular flexibility index (Phi) is 4.17. The predicted molar refractivity (Wildman–Crippen MR) is 93.2 cm³/mol. The fourth-order valence-electron chi connectivity index (χ4n) is 3.81. The maximum Gasteiger partial charge on any atom is 0.234 e. The zero-order valence-corrected chi connectivity index (χ0v) is 14.6. The van der Waals surface area contributed by atoms with Gasteiger partial charge in [-0.15, -0.1) is 0 Å². The number of piperazine rings is 1. The van der Waals surface area contributed by atoms with Crippen molar-refractivity contribution < 1.29 is 9.21 Å². The number of amides is 1. The molecule has 3 fully saturated rings. The second kappa shape index (κ2) is 6.48. The van der Waals surface area contributed by atoms with Crippen LogP contribution in [0.15, 0.2) is 28.9 Å². The molecule has 132 valence electrons. The molecular weight excluding hydrogens is 318 g/mol. The number of fused-ring (bicyclic) bond motifs is 2. The largest absolute Gasteiger partial charge is 0.467 e. The Bertz CT molecular complexity index is 729. The molecule has 2 aromatic heterocycles. The molecule has 0 aliphatic carbocycles. The highest BCUT2D eigenvalue weighted by Gasteiger charge is 2.45. The Labute approximate surface area is 147 Å². The highest BCUT2D eigenvalue weighted by atomic mass is 16.3. The van der Waals surface area contributed by atoms with E-state index in [2.05, 4.69) is 25.1 Å². The van der Waals surface area contributed by atoms with E-state index in [1.807, 2.05) is 32.0 Å². The van der Waals surface area contributed by atoms with Gasteiger partial charge in [0.1, 0.15) is 17.4 Å². The number of aryl methyl sites for hydroxylation is 2. The monoisotopic (exact) mass is 341 g/mol. The van der Waals surface area contributed by atoms with Gasteiger partial charge in [0.05, 0.1) is 19.4 Å². The molecule has 3 saturated heterocycles. The van der Waals surface area contributed by atoms with Crippen molar-refractivity contribution in [1.82, 2.24) is 20.2 Å². The van der Waals surface area contributed by atoms with Crippen molar-refractivity contribution in [2.45, 2.75) is 38.9 Å². The van der Waals surface area contributed by atoms with Gasteiger partial charge in [0, 0.05) is 36.9 Å². The molecule has 2 bridgehead atoms. The first-order valence-corrected chi connectivity index (χ1v) is 8.70. The van der Waals surface area contributed by atoms with Crippen LogP contribution in [-0.4, -0.2) is 52.5 Å². The first kappa shape index (κ1) is 16.1. The second-order valence-electron chi connectivity index (χ2n) is 6.89. The number of anilines is 1. The Morgan fingerprint density at radius 2 is 2.12 bits per heavy atom. The molecule has 3 aliphatic rings. The summed E-state index contributed by atoms with van der Waals surface area (Å²) < 4.78 is 5.24. The van der Waals surface area contributed by atoms with Crippen LogP contribution in [0.1, 0.15) is 23.7 Å². The average molecular weight is 341 g/mol. The van der Waals surface area contributed by atoms with Crippen molar-refractivity contribution in [2.75, 3.05) is 24.5 Å². The van der Waals surface area contributed by atoms with Gasteiger partial charge in [-0.3, -0.25) is 9.69 Å². The molecule has 0 radical (unpaired) electrons. The fourth-order valence-corrected chi connectivity index (χ4v) is 3.81. The van der Waals surface area contributed by atoms with Gasteiger partial charge in [-0.05, 0) is 32.4 Å². The van der Waals surface area contributed by atoms with E-state index in [0.717, 1.165) is 42.6 Å².